The molecule has 1 aliphatic carbocycles. The number of rotatable bonds is 6. The number of carbonyl (C=O) groups excluding carboxylic acids is 2. The number of benzene rings is 2. The summed E-state index contributed by atoms with van der Waals surface area (Å²) in [4.78, 5) is 33.9. The van der Waals surface area contributed by atoms with Crippen LogP contribution < -0.4 is 5.32 Å². The summed E-state index contributed by atoms with van der Waals surface area (Å²) in [6.07, 6.45) is 4.98. The van der Waals surface area contributed by atoms with Crippen molar-refractivity contribution in [2.75, 3.05) is 13.1 Å². The number of hydrogen-bond acceptors (Lipinski definition) is 4. The van der Waals surface area contributed by atoms with Crippen molar-refractivity contribution in [3.63, 3.8) is 0 Å². The molecule has 0 spiro atoms. The summed E-state index contributed by atoms with van der Waals surface area (Å²) in [5.41, 5.74) is 2.93. The summed E-state index contributed by atoms with van der Waals surface area (Å²) in [7, 11) is 0. The van der Waals surface area contributed by atoms with Crippen molar-refractivity contribution in [1.29, 1.82) is 0 Å². The number of likely N-dealkylation sites (tertiary alicyclic amines) is 1. The number of halogens is 1. The molecule has 2 aliphatic rings. The quantitative estimate of drug-likeness (QED) is 0.506. The van der Waals surface area contributed by atoms with Crippen LogP contribution in [0.2, 0.25) is 0 Å². The third-order valence-corrected chi connectivity index (χ3v) is 7.81. The van der Waals surface area contributed by atoms with Gasteiger partial charge in [-0.3, -0.25) is 9.59 Å². The lowest BCUT2D eigenvalue weighted by Gasteiger charge is -2.35. The third kappa shape index (κ3) is 4.89. The minimum Gasteiger partial charge on any atom is -0.350 e. The smallest absolute Gasteiger partial charge is 0.274 e. The van der Waals surface area contributed by atoms with E-state index in [-0.39, 0.29) is 23.7 Å². The van der Waals surface area contributed by atoms with E-state index in [2.05, 4.69) is 5.32 Å². The van der Waals surface area contributed by atoms with Gasteiger partial charge in [0.1, 0.15) is 11.5 Å². The Bertz CT molecular complexity index is 1200. The Morgan fingerprint density at radius 2 is 1.91 bits per heavy atom. The highest BCUT2D eigenvalue weighted by atomic mass is 32.1. The number of piperidine rings is 1. The van der Waals surface area contributed by atoms with Gasteiger partial charge in [0.15, 0.2) is 0 Å². The van der Waals surface area contributed by atoms with Crippen LogP contribution in [0.1, 0.15) is 69.4 Å². The molecule has 0 radical (unpaired) electrons. The SMILES string of the molecule is Cc1cccc(C(=O)NCC2CCCCN2C(=O)c2nc(C3CC3)sc2-c2ccc(F)cc2)c1. The molecule has 1 saturated carbocycles. The second-order valence-corrected chi connectivity index (χ2v) is 10.3. The molecule has 7 heteroatoms. The predicted molar refractivity (Wildman–Crippen MR) is 132 cm³/mol. The Hall–Kier alpha value is -3.06. The van der Waals surface area contributed by atoms with E-state index < -0.39 is 0 Å². The first-order chi connectivity index (χ1) is 16.5. The number of thiazole rings is 1. The largest absolute Gasteiger partial charge is 0.350 e. The van der Waals surface area contributed by atoms with Crippen molar-refractivity contribution in [2.45, 2.75) is 51.0 Å². The molecule has 5 nitrogen and oxygen atoms in total. The summed E-state index contributed by atoms with van der Waals surface area (Å²) < 4.78 is 13.5. The summed E-state index contributed by atoms with van der Waals surface area (Å²) in [5, 5.41) is 4.02. The highest BCUT2D eigenvalue weighted by Crippen LogP contribution is 2.45. The van der Waals surface area contributed by atoms with Gasteiger partial charge in [-0.1, -0.05) is 29.8 Å². The maximum atomic E-state index is 13.8. The number of aromatic nitrogens is 1. The molecule has 1 unspecified atom stereocenters. The third-order valence-electron chi connectivity index (χ3n) is 6.55. The van der Waals surface area contributed by atoms with Crippen LogP contribution in [-0.4, -0.2) is 40.8 Å². The standard InChI is InChI=1S/C27H28FN3O2S/c1-17-5-4-6-20(15-17)25(32)29-16-22-7-2-3-14-31(22)27(33)23-24(18-10-12-21(28)13-11-18)34-26(30-23)19-8-9-19/h4-6,10-13,15,19,22H,2-3,7-9,14,16H2,1H3,(H,29,32). The summed E-state index contributed by atoms with van der Waals surface area (Å²) in [5.74, 6) is -0.101. The van der Waals surface area contributed by atoms with Gasteiger partial charge in [-0.05, 0) is 68.9 Å². The number of aryl methyl sites for hydroxylation is 1. The van der Waals surface area contributed by atoms with Crippen molar-refractivity contribution in [2.24, 2.45) is 0 Å². The fourth-order valence-electron chi connectivity index (χ4n) is 4.50. The van der Waals surface area contributed by atoms with Crippen LogP contribution in [-0.2, 0) is 0 Å². The van der Waals surface area contributed by atoms with Crippen LogP contribution in [0.25, 0.3) is 10.4 Å². The van der Waals surface area contributed by atoms with Gasteiger partial charge in [0, 0.05) is 30.6 Å². The second-order valence-electron chi connectivity index (χ2n) is 9.24. The van der Waals surface area contributed by atoms with Crippen molar-refractivity contribution < 1.29 is 14.0 Å². The van der Waals surface area contributed by atoms with E-state index >= 15 is 0 Å². The topological polar surface area (TPSA) is 62.3 Å². The van der Waals surface area contributed by atoms with E-state index in [0.29, 0.717) is 30.3 Å². The van der Waals surface area contributed by atoms with Gasteiger partial charge in [-0.15, -0.1) is 11.3 Å². The van der Waals surface area contributed by atoms with Gasteiger partial charge in [0.25, 0.3) is 11.8 Å². The number of hydrogen-bond donors (Lipinski definition) is 1. The maximum Gasteiger partial charge on any atom is 0.274 e. The van der Waals surface area contributed by atoms with E-state index in [1.807, 2.05) is 30.0 Å². The molecule has 2 fully saturated rings. The fraction of sp³-hybridized carbons (Fsp3) is 0.370. The van der Waals surface area contributed by atoms with Crippen molar-refractivity contribution in [1.82, 2.24) is 15.2 Å². The Labute approximate surface area is 203 Å². The van der Waals surface area contributed by atoms with Crippen LogP contribution >= 0.6 is 11.3 Å². The lowest BCUT2D eigenvalue weighted by Crippen LogP contribution is -2.49. The highest BCUT2D eigenvalue weighted by molar-refractivity contribution is 7.15. The monoisotopic (exact) mass is 477 g/mol. The molecule has 2 aromatic carbocycles. The van der Waals surface area contributed by atoms with Gasteiger partial charge in [0.2, 0.25) is 0 Å². The minimum absolute atomic E-state index is 0.0813. The Balaban J connectivity index is 1.37. The zero-order chi connectivity index (χ0) is 23.7. The van der Waals surface area contributed by atoms with Crippen molar-refractivity contribution in [3.05, 3.63) is 76.2 Å². The molecule has 34 heavy (non-hydrogen) atoms. The lowest BCUT2D eigenvalue weighted by atomic mass is 10.0. The minimum atomic E-state index is -0.302. The summed E-state index contributed by atoms with van der Waals surface area (Å²) in [6.45, 7) is 3.01. The van der Waals surface area contributed by atoms with E-state index in [0.717, 1.165) is 53.1 Å². The molecule has 2 amide bonds. The molecular formula is C27H28FN3O2S. The van der Waals surface area contributed by atoms with Crippen LogP contribution in [0.3, 0.4) is 0 Å². The number of nitrogens with one attached hydrogen (secondary N) is 1. The number of amides is 2. The first-order valence-electron chi connectivity index (χ1n) is 11.9. The Morgan fingerprint density at radius 1 is 1.12 bits per heavy atom. The van der Waals surface area contributed by atoms with E-state index in [9.17, 15) is 14.0 Å². The van der Waals surface area contributed by atoms with Crippen molar-refractivity contribution >= 4 is 23.2 Å². The zero-order valence-corrected chi connectivity index (χ0v) is 20.0. The molecule has 3 aromatic rings. The van der Waals surface area contributed by atoms with Gasteiger partial charge in [0.05, 0.1) is 9.88 Å². The van der Waals surface area contributed by atoms with Crippen LogP contribution in [0, 0.1) is 12.7 Å². The molecule has 176 valence electrons. The fourth-order valence-corrected chi connectivity index (χ4v) is 5.73. The Morgan fingerprint density at radius 3 is 2.65 bits per heavy atom. The maximum absolute atomic E-state index is 13.8. The van der Waals surface area contributed by atoms with Crippen molar-refractivity contribution in [3.8, 4) is 10.4 Å². The predicted octanol–water partition coefficient (Wildman–Crippen LogP) is 5.56. The van der Waals surface area contributed by atoms with Gasteiger partial charge < -0.3 is 10.2 Å². The zero-order valence-electron chi connectivity index (χ0n) is 19.2. The number of nitrogens with zero attached hydrogens (tertiary/aromatic N) is 2. The highest BCUT2D eigenvalue weighted by Gasteiger charge is 2.34. The van der Waals surface area contributed by atoms with Gasteiger partial charge >= 0.3 is 0 Å². The molecule has 1 aliphatic heterocycles. The summed E-state index contributed by atoms with van der Waals surface area (Å²) >= 11 is 1.55. The van der Waals surface area contributed by atoms with Gasteiger partial charge in [-0.2, -0.15) is 0 Å². The molecule has 5 rings (SSSR count). The van der Waals surface area contributed by atoms with Crippen LogP contribution in [0.4, 0.5) is 4.39 Å². The average Bonchev–Trinajstić information content (AvgIpc) is 3.61. The molecule has 1 saturated heterocycles. The van der Waals surface area contributed by atoms with E-state index in [1.54, 1.807) is 29.5 Å². The normalized spacial score (nSPS) is 18.1. The molecule has 1 N–H and O–H groups in total. The van der Waals surface area contributed by atoms with E-state index in [4.69, 9.17) is 4.98 Å². The molecular weight excluding hydrogens is 449 g/mol. The van der Waals surface area contributed by atoms with Gasteiger partial charge in [-0.25, -0.2) is 9.37 Å². The molecule has 1 aromatic heterocycles. The number of carbonyl (C=O) groups is 2. The van der Waals surface area contributed by atoms with E-state index in [1.165, 1.54) is 12.1 Å². The second kappa shape index (κ2) is 9.66. The summed E-state index contributed by atoms with van der Waals surface area (Å²) in [6, 6.07) is 13.7. The molecule has 2 heterocycles. The first-order valence-corrected chi connectivity index (χ1v) is 12.7. The van der Waals surface area contributed by atoms with Crippen LogP contribution in [0.15, 0.2) is 48.5 Å². The molecule has 0 bridgehead atoms. The lowest BCUT2D eigenvalue weighted by molar-refractivity contribution is 0.0598. The Kier molecular flexibility index (Phi) is 6.46. The molecule has 1 atom stereocenters. The van der Waals surface area contributed by atoms with Crippen LogP contribution in [0.5, 0.6) is 0 Å². The first kappa shape index (κ1) is 22.7. The average molecular weight is 478 g/mol.